The van der Waals surface area contributed by atoms with Gasteiger partial charge in [0.05, 0.1) is 36.4 Å². The van der Waals surface area contributed by atoms with E-state index in [4.69, 9.17) is 0 Å². The number of rotatable bonds is 7. The first-order chi connectivity index (χ1) is 11.8. The van der Waals surface area contributed by atoms with Gasteiger partial charge >= 0.3 is 0 Å². The molecule has 0 radical (unpaired) electrons. The third-order valence-electron chi connectivity index (χ3n) is 4.34. The Hall–Kier alpha value is -1.71. The number of hydrogen-bond acceptors (Lipinski definition) is 5. The zero-order valence-corrected chi connectivity index (χ0v) is 15.9. The van der Waals surface area contributed by atoms with E-state index >= 15 is 0 Å². The number of aromatic nitrogens is 4. The maximum atomic E-state index is 11.2. The molecule has 1 aliphatic heterocycles. The molecule has 0 bridgehead atoms. The zero-order chi connectivity index (χ0) is 18.0. The second-order valence-electron chi connectivity index (χ2n) is 6.66. The molecule has 9 heteroatoms. The lowest BCUT2D eigenvalue weighted by Crippen LogP contribution is -2.33. The molecule has 0 saturated carbocycles. The summed E-state index contributed by atoms with van der Waals surface area (Å²) in [4.78, 5) is 2.38. The van der Waals surface area contributed by atoms with Crippen molar-refractivity contribution in [3.63, 3.8) is 0 Å². The molecule has 1 aliphatic rings. The summed E-state index contributed by atoms with van der Waals surface area (Å²) < 4.78 is 28.9. The largest absolute Gasteiger partial charge is 0.291 e. The van der Waals surface area contributed by atoms with Crippen LogP contribution < -0.4 is 4.72 Å². The van der Waals surface area contributed by atoms with E-state index < -0.39 is 10.0 Å². The molecule has 3 rings (SSSR count). The molecule has 0 fully saturated rings. The summed E-state index contributed by atoms with van der Waals surface area (Å²) in [7, 11) is -3.20. The first-order valence-corrected chi connectivity index (χ1v) is 10.5. The van der Waals surface area contributed by atoms with Crippen molar-refractivity contribution in [3.8, 4) is 0 Å². The van der Waals surface area contributed by atoms with Crippen molar-refractivity contribution in [1.29, 1.82) is 0 Å². The highest BCUT2D eigenvalue weighted by Gasteiger charge is 2.20. The molecule has 0 saturated heterocycles. The Morgan fingerprint density at radius 1 is 1.28 bits per heavy atom. The monoisotopic (exact) mass is 366 g/mol. The van der Waals surface area contributed by atoms with Crippen LogP contribution in [-0.4, -0.2) is 45.7 Å². The molecule has 0 spiro atoms. The summed E-state index contributed by atoms with van der Waals surface area (Å²) in [5, 5.41) is 9.06. The normalized spacial score (nSPS) is 15.5. The molecule has 2 aromatic heterocycles. The van der Waals surface area contributed by atoms with E-state index in [0.29, 0.717) is 0 Å². The van der Waals surface area contributed by atoms with Crippen molar-refractivity contribution in [2.45, 2.75) is 53.0 Å². The van der Waals surface area contributed by atoms with E-state index in [9.17, 15) is 8.42 Å². The van der Waals surface area contributed by atoms with Gasteiger partial charge in [-0.1, -0.05) is 6.92 Å². The van der Waals surface area contributed by atoms with Gasteiger partial charge in [-0.05, 0) is 19.4 Å². The van der Waals surface area contributed by atoms with Crippen LogP contribution in [0.3, 0.4) is 0 Å². The van der Waals surface area contributed by atoms with E-state index in [1.807, 2.05) is 15.4 Å². The quantitative estimate of drug-likeness (QED) is 0.786. The minimum Gasteiger partial charge on any atom is -0.291 e. The van der Waals surface area contributed by atoms with Gasteiger partial charge in [-0.3, -0.25) is 14.3 Å². The van der Waals surface area contributed by atoms with Crippen molar-refractivity contribution in [1.82, 2.24) is 29.2 Å². The Kier molecular flexibility index (Phi) is 5.26. The van der Waals surface area contributed by atoms with Gasteiger partial charge < -0.3 is 0 Å². The number of nitrogens with zero attached hydrogens (tertiary/aromatic N) is 5. The summed E-state index contributed by atoms with van der Waals surface area (Å²) in [6.07, 6.45) is 4.38. The lowest BCUT2D eigenvalue weighted by atomic mass is 10.2. The van der Waals surface area contributed by atoms with Crippen LogP contribution >= 0.6 is 0 Å². The van der Waals surface area contributed by atoms with Gasteiger partial charge in [0.2, 0.25) is 10.0 Å². The Morgan fingerprint density at radius 3 is 2.80 bits per heavy atom. The highest BCUT2D eigenvalue weighted by molar-refractivity contribution is 7.88. The Bertz CT molecular complexity index is 839. The summed E-state index contributed by atoms with van der Waals surface area (Å²) in [6.45, 7) is 8.82. The molecule has 0 aliphatic carbocycles. The van der Waals surface area contributed by atoms with Gasteiger partial charge in [-0.15, -0.1) is 0 Å². The van der Waals surface area contributed by atoms with Crippen LogP contribution in [-0.2, 0) is 42.7 Å². The summed E-state index contributed by atoms with van der Waals surface area (Å²) in [5.41, 5.74) is 4.23. The molecule has 8 nitrogen and oxygen atoms in total. The second kappa shape index (κ2) is 7.27. The van der Waals surface area contributed by atoms with Gasteiger partial charge in [-0.2, -0.15) is 10.2 Å². The standard InChI is InChI=1S/C16H26N6O2S/c1-4-5-21-11-14(13(2)18-21)10-20-6-7-22-16(12-20)8-15(19-22)9-17-25(3,23)24/h8,11,17H,4-7,9-10,12H2,1-3H3. The van der Waals surface area contributed by atoms with Crippen LogP contribution in [0.5, 0.6) is 0 Å². The number of aryl methyl sites for hydroxylation is 2. The Balaban J connectivity index is 1.64. The molecule has 0 atom stereocenters. The fraction of sp³-hybridized carbons (Fsp3) is 0.625. The fourth-order valence-electron chi connectivity index (χ4n) is 3.11. The third-order valence-corrected chi connectivity index (χ3v) is 5.01. The van der Waals surface area contributed by atoms with Crippen LogP contribution in [0.1, 0.15) is 36.0 Å². The molecule has 3 heterocycles. The third kappa shape index (κ3) is 4.68. The topological polar surface area (TPSA) is 85.0 Å². The maximum absolute atomic E-state index is 11.2. The lowest BCUT2D eigenvalue weighted by molar-refractivity contribution is 0.204. The summed E-state index contributed by atoms with van der Waals surface area (Å²) in [6, 6.07) is 1.98. The molecular weight excluding hydrogens is 340 g/mol. The molecular formula is C16H26N6O2S. The first kappa shape index (κ1) is 18.1. The predicted molar refractivity (Wildman–Crippen MR) is 95.3 cm³/mol. The van der Waals surface area contributed by atoms with E-state index in [-0.39, 0.29) is 6.54 Å². The van der Waals surface area contributed by atoms with Gasteiger partial charge in [0, 0.05) is 37.9 Å². The van der Waals surface area contributed by atoms with Crippen LogP contribution in [0.15, 0.2) is 12.3 Å². The predicted octanol–water partition coefficient (Wildman–Crippen LogP) is 0.863. The average Bonchev–Trinajstić information content (AvgIpc) is 3.08. The molecule has 25 heavy (non-hydrogen) atoms. The number of hydrogen-bond donors (Lipinski definition) is 1. The van der Waals surface area contributed by atoms with E-state index in [1.165, 1.54) is 5.56 Å². The summed E-state index contributed by atoms with van der Waals surface area (Å²) >= 11 is 0. The van der Waals surface area contributed by atoms with E-state index in [0.717, 1.165) is 62.5 Å². The van der Waals surface area contributed by atoms with Crippen LogP contribution in [0.4, 0.5) is 0 Å². The van der Waals surface area contributed by atoms with Gasteiger partial charge in [0.1, 0.15) is 0 Å². The minimum atomic E-state index is -3.20. The Morgan fingerprint density at radius 2 is 2.08 bits per heavy atom. The molecule has 0 amide bonds. The molecule has 2 aromatic rings. The summed E-state index contributed by atoms with van der Waals surface area (Å²) in [5.74, 6) is 0. The number of nitrogens with one attached hydrogen (secondary N) is 1. The van der Waals surface area contributed by atoms with Crippen LogP contribution in [0.25, 0.3) is 0 Å². The fourth-order valence-corrected chi connectivity index (χ4v) is 3.52. The molecule has 138 valence electrons. The van der Waals surface area contributed by atoms with Crippen LogP contribution in [0.2, 0.25) is 0 Å². The van der Waals surface area contributed by atoms with E-state index in [2.05, 4.69) is 39.9 Å². The minimum absolute atomic E-state index is 0.238. The zero-order valence-electron chi connectivity index (χ0n) is 15.1. The Labute approximate surface area is 148 Å². The van der Waals surface area contributed by atoms with Gasteiger partial charge in [-0.25, -0.2) is 13.1 Å². The molecule has 0 unspecified atom stereocenters. The average molecular weight is 366 g/mol. The van der Waals surface area contributed by atoms with Crippen molar-refractivity contribution < 1.29 is 8.42 Å². The number of sulfonamides is 1. The molecule has 0 aromatic carbocycles. The highest BCUT2D eigenvalue weighted by atomic mass is 32.2. The SMILES string of the molecule is CCCn1cc(CN2CCn3nc(CNS(C)(=O)=O)cc3C2)c(C)n1. The smallest absolute Gasteiger partial charge is 0.209 e. The van der Waals surface area contributed by atoms with Gasteiger partial charge in [0.25, 0.3) is 0 Å². The maximum Gasteiger partial charge on any atom is 0.209 e. The highest BCUT2D eigenvalue weighted by Crippen LogP contribution is 2.18. The van der Waals surface area contributed by atoms with E-state index in [1.54, 1.807) is 0 Å². The van der Waals surface area contributed by atoms with Crippen LogP contribution in [0, 0.1) is 6.92 Å². The molecule has 1 N–H and O–H groups in total. The second-order valence-corrected chi connectivity index (χ2v) is 8.49. The van der Waals surface area contributed by atoms with Crippen molar-refractivity contribution in [3.05, 3.63) is 34.9 Å². The van der Waals surface area contributed by atoms with Gasteiger partial charge in [0.15, 0.2) is 0 Å². The van der Waals surface area contributed by atoms with Crippen molar-refractivity contribution in [2.75, 3.05) is 12.8 Å². The van der Waals surface area contributed by atoms with Crippen molar-refractivity contribution >= 4 is 10.0 Å². The first-order valence-electron chi connectivity index (χ1n) is 8.59. The van der Waals surface area contributed by atoms with Crippen molar-refractivity contribution in [2.24, 2.45) is 0 Å². The number of fused-ring (bicyclic) bond motifs is 1. The lowest BCUT2D eigenvalue weighted by Gasteiger charge is -2.27.